The van der Waals surface area contributed by atoms with Gasteiger partial charge in [0.05, 0.1) is 0 Å². The topological polar surface area (TPSA) is 15.3 Å². The van der Waals surface area contributed by atoms with Gasteiger partial charge in [-0.3, -0.25) is 0 Å². The van der Waals surface area contributed by atoms with Crippen molar-refractivity contribution >= 4 is 11.3 Å². The van der Waals surface area contributed by atoms with Crippen LogP contribution in [-0.4, -0.2) is 36.6 Å². The maximum absolute atomic E-state index is 3.73. The van der Waals surface area contributed by atoms with Crippen molar-refractivity contribution < 1.29 is 0 Å². The molecule has 2 nitrogen and oxygen atoms in total. The summed E-state index contributed by atoms with van der Waals surface area (Å²) in [6.07, 6.45) is 5.08. The quantitative estimate of drug-likeness (QED) is 0.851. The lowest BCUT2D eigenvalue weighted by molar-refractivity contribution is 0.178. The summed E-state index contributed by atoms with van der Waals surface area (Å²) in [5.41, 5.74) is 0.373. The summed E-state index contributed by atoms with van der Waals surface area (Å²) in [4.78, 5) is 4.03. The largest absolute Gasteiger partial charge is 0.310 e. The number of rotatable bonds is 6. The van der Waals surface area contributed by atoms with Crippen molar-refractivity contribution in [1.82, 2.24) is 10.2 Å². The molecule has 0 aliphatic carbocycles. The van der Waals surface area contributed by atoms with E-state index in [-0.39, 0.29) is 0 Å². The van der Waals surface area contributed by atoms with Crippen LogP contribution < -0.4 is 5.32 Å². The fourth-order valence-corrected chi connectivity index (χ4v) is 3.75. The van der Waals surface area contributed by atoms with Crippen LogP contribution in [0.25, 0.3) is 0 Å². The first-order valence-electron chi connectivity index (χ1n) is 7.13. The Morgan fingerprint density at radius 1 is 1.56 bits per heavy atom. The third-order valence-electron chi connectivity index (χ3n) is 4.39. The van der Waals surface area contributed by atoms with Crippen molar-refractivity contribution in [3.63, 3.8) is 0 Å². The Labute approximate surface area is 115 Å². The number of nitrogens with one attached hydrogen (secondary N) is 1. The predicted molar refractivity (Wildman–Crippen MR) is 80.4 cm³/mol. The molecule has 0 spiro atoms. The molecule has 1 aliphatic heterocycles. The van der Waals surface area contributed by atoms with E-state index >= 15 is 0 Å². The summed E-state index contributed by atoms with van der Waals surface area (Å²) >= 11 is 1.87. The van der Waals surface area contributed by atoms with Crippen LogP contribution in [0.5, 0.6) is 0 Å². The third kappa shape index (κ3) is 3.34. The molecule has 1 saturated heterocycles. The first-order valence-corrected chi connectivity index (χ1v) is 8.01. The van der Waals surface area contributed by atoms with Gasteiger partial charge in [0.15, 0.2) is 0 Å². The van der Waals surface area contributed by atoms with E-state index in [0.29, 0.717) is 11.6 Å². The normalized spacial score (nSPS) is 25.8. The second-order valence-corrected chi connectivity index (χ2v) is 6.74. The van der Waals surface area contributed by atoms with E-state index in [1.165, 1.54) is 43.6 Å². The molecule has 0 bridgehead atoms. The average molecular weight is 266 g/mol. The molecule has 1 aromatic heterocycles. The fourth-order valence-electron chi connectivity index (χ4n) is 2.93. The lowest BCUT2D eigenvalue weighted by Crippen LogP contribution is -2.50. The summed E-state index contributed by atoms with van der Waals surface area (Å²) in [6.45, 7) is 7.03. The lowest BCUT2D eigenvalue weighted by atomic mass is 9.93. The molecule has 18 heavy (non-hydrogen) atoms. The number of likely N-dealkylation sites (N-methyl/N-ethyl adjacent to an activating group) is 1. The highest BCUT2D eigenvalue weighted by atomic mass is 32.1. The van der Waals surface area contributed by atoms with Gasteiger partial charge in [0.2, 0.25) is 0 Å². The molecule has 1 fully saturated rings. The van der Waals surface area contributed by atoms with Gasteiger partial charge in [-0.15, -0.1) is 11.3 Å². The summed E-state index contributed by atoms with van der Waals surface area (Å²) in [5, 5.41) is 5.90. The Morgan fingerprint density at radius 2 is 2.39 bits per heavy atom. The Hall–Kier alpha value is -0.380. The standard InChI is InChI=1S/C15H26N2S/c1-4-15(8-6-9-16-15)12-17(3)13(2)11-14-7-5-10-18-14/h5,7,10,13,16H,4,6,8-9,11-12H2,1-3H3. The number of thiophene rings is 1. The molecule has 0 amide bonds. The molecule has 0 saturated carbocycles. The third-order valence-corrected chi connectivity index (χ3v) is 5.29. The van der Waals surface area contributed by atoms with Gasteiger partial charge in [0, 0.05) is 23.0 Å². The predicted octanol–water partition coefficient (Wildman–Crippen LogP) is 3.14. The van der Waals surface area contributed by atoms with Gasteiger partial charge in [0.25, 0.3) is 0 Å². The number of nitrogens with zero attached hydrogens (tertiary/aromatic N) is 1. The van der Waals surface area contributed by atoms with Gasteiger partial charge < -0.3 is 10.2 Å². The van der Waals surface area contributed by atoms with Crippen LogP contribution in [0.4, 0.5) is 0 Å². The van der Waals surface area contributed by atoms with Crippen molar-refractivity contribution in [3.05, 3.63) is 22.4 Å². The van der Waals surface area contributed by atoms with Gasteiger partial charge in [-0.1, -0.05) is 13.0 Å². The molecule has 2 unspecified atom stereocenters. The van der Waals surface area contributed by atoms with Crippen molar-refractivity contribution in [2.24, 2.45) is 0 Å². The van der Waals surface area contributed by atoms with Crippen molar-refractivity contribution in [2.45, 2.75) is 51.1 Å². The van der Waals surface area contributed by atoms with Gasteiger partial charge in [0.1, 0.15) is 0 Å². The highest BCUT2D eigenvalue weighted by Crippen LogP contribution is 2.25. The summed E-state index contributed by atoms with van der Waals surface area (Å²) < 4.78 is 0. The monoisotopic (exact) mass is 266 g/mol. The smallest absolute Gasteiger partial charge is 0.0306 e. The van der Waals surface area contributed by atoms with Crippen LogP contribution in [0.15, 0.2) is 17.5 Å². The van der Waals surface area contributed by atoms with Gasteiger partial charge in [-0.05, 0) is 57.6 Å². The zero-order chi connectivity index (χ0) is 13.0. The van der Waals surface area contributed by atoms with E-state index in [4.69, 9.17) is 0 Å². The van der Waals surface area contributed by atoms with Crippen LogP contribution in [0.1, 0.15) is 38.0 Å². The molecular weight excluding hydrogens is 240 g/mol. The number of hydrogen-bond acceptors (Lipinski definition) is 3. The van der Waals surface area contributed by atoms with Crippen LogP contribution >= 0.6 is 11.3 Å². The van der Waals surface area contributed by atoms with Crippen LogP contribution in [0, 0.1) is 0 Å². The van der Waals surface area contributed by atoms with E-state index < -0.39 is 0 Å². The maximum atomic E-state index is 3.73. The highest BCUT2D eigenvalue weighted by molar-refractivity contribution is 7.09. The molecule has 1 aliphatic rings. The summed E-state index contributed by atoms with van der Waals surface area (Å²) in [7, 11) is 2.27. The van der Waals surface area contributed by atoms with Gasteiger partial charge >= 0.3 is 0 Å². The van der Waals surface area contributed by atoms with E-state index in [1.54, 1.807) is 0 Å². The van der Waals surface area contributed by atoms with E-state index in [2.05, 4.69) is 48.6 Å². The Bertz CT molecular complexity index is 341. The fraction of sp³-hybridized carbons (Fsp3) is 0.733. The zero-order valence-electron chi connectivity index (χ0n) is 11.9. The van der Waals surface area contributed by atoms with Gasteiger partial charge in [-0.2, -0.15) is 0 Å². The SMILES string of the molecule is CCC1(CN(C)C(C)Cc2cccs2)CCCN1. The van der Waals surface area contributed by atoms with E-state index in [9.17, 15) is 0 Å². The Kier molecular flexibility index (Phi) is 4.82. The molecular formula is C15H26N2S. The molecule has 0 aromatic carbocycles. The van der Waals surface area contributed by atoms with Crippen molar-refractivity contribution in [1.29, 1.82) is 0 Å². The first-order chi connectivity index (χ1) is 8.65. The maximum Gasteiger partial charge on any atom is 0.0306 e. The van der Waals surface area contributed by atoms with Gasteiger partial charge in [-0.25, -0.2) is 0 Å². The Balaban J connectivity index is 1.88. The summed E-state index contributed by atoms with van der Waals surface area (Å²) in [6, 6.07) is 5.02. The minimum Gasteiger partial charge on any atom is -0.310 e. The number of hydrogen-bond donors (Lipinski definition) is 1. The highest BCUT2D eigenvalue weighted by Gasteiger charge is 2.33. The van der Waals surface area contributed by atoms with E-state index in [0.717, 1.165) is 0 Å². The zero-order valence-corrected chi connectivity index (χ0v) is 12.7. The molecule has 1 N–H and O–H groups in total. The van der Waals surface area contributed by atoms with Crippen LogP contribution in [-0.2, 0) is 6.42 Å². The molecule has 102 valence electrons. The summed E-state index contributed by atoms with van der Waals surface area (Å²) in [5.74, 6) is 0. The van der Waals surface area contributed by atoms with Crippen LogP contribution in [0.2, 0.25) is 0 Å². The van der Waals surface area contributed by atoms with Crippen molar-refractivity contribution in [2.75, 3.05) is 20.1 Å². The average Bonchev–Trinajstić information content (AvgIpc) is 3.01. The first kappa shape index (κ1) is 14.0. The molecule has 2 heterocycles. The molecule has 3 heteroatoms. The molecule has 1 aromatic rings. The lowest BCUT2D eigenvalue weighted by Gasteiger charge is -2.36. The van der Waals surface area contributed by atoms with E-state index in [1.807, 2.05) is 11.3 Å². The molecule has 2 atom stereocenters. The second kappa shape index (κ2) is 6.18. The van der Waals surface area contributed by atoms with Crippen molar-refractivity contribution in [3.8, 4) is 0 Å². The molecule has 0 radical (unpaired) electrons. The minimum atomic E-state index is 0.373. The minimum absolute atomic E-state index is 0.373. The second-order valence-electron chi connectivity index (χ2n) is 5.71. The van der Waals surface area contributed by atoms with Crippen LogP contribution in [0.3, 0.4) is 0 Å². The molecule has 2 rings (SSSR count). The Morgan fingerprint density at radius 3 is 2.94 bits per heavy atom.